The predicted molar refractivity (Wildman–Crippen MR) is 113 cm³/mol. The molecule has 31 heavy (non-hydrogen) atoms. The lowest BCUT2D eigenvalue weighted by atomic mass is 10.2. The van der Waals surface area contributed by atoms with Gasteiger partial charge >= 0.3 is 5.97 Å². The molecular weight excluding hydrogens is 422 g/mol. The summed E-state index contributed by atoms with van der Waals surface area (Å²) < 4.78 is 5.06. The van der Waals surface area contributed by atoms with Crippen LogP contribution < -0.4 is 15.4 Å². The number of ether oxygens (including phenoxy) is 1. The molecule has 160 valence electrons. The van der Waals surface area contributed by atoms with E-state index in [0.717, 1.165) is 11.8 Å². The van der Waals surface area contributed by atoms with Gasteiger partial charge in [0.2, 0.25) is 11.1 Å². The Balaban J connectivity index is 1.44. The number of carbonyl (C=O) groups excluding carboxylic acids is 2. The number of benzene rings is 2. The molecule has 0 unspecified atom stereocenters. The number of thioether (sulfide) groups is 1. The van der Waals surface area contributed by atoms with E-state index in [9.17, 15) is 14.4 Å². The number of hydrogen-bond acceptors (Lipinski definition) is 7. The molecule has 3 aromatic rings. The van der Waals surface area contributed by atoms with Gasteiger partial charge in [0.15, 0.2) is 0 Å². The van der Waals surface area contributed by atoms with Crippen LogP contribution in [0.5, 0.6) is 5.75 Å². The Morgan fingerprint density at radius 2 is 1.74 bits per heavy atom. The number of rotatable bonds is 9. The summed E-state index contributed by atoms with van der Waals surface area (Å²) in [5.41, 5.74) is 1.12. The summed E-state index contributed by atoms with van der Waals surface area (Å²) in [6.07, 6.45) is 0. The van der Waals surface area contributed by atoms with E-state index in [1.54, 1.807) is 31.4 Å². The average Bonchev–Trinajstić information content (AvgIpc) is 3.24. The number of aromatic amines is 1. The minimum Gasteiger partial charge on any atom is -0.497 e. The van der Waals surface area contributed by atoms with Crippen LogP contribution in [0.1, 0.15) is 26.5 Å². The van der Waals surface area contributed by atoms with Gasteiger partial charge in [0, 0.05) is 11.3 Å². The van der Waals surface area contributed by atoms with E-state index in [1.165, 1.54) is 24.3 Å². The Morgan fingerprint density at radius 1 is 1.06 bits per heavy atom. The Morgan fingerprint density at radius 3 is 2.39 bits per heavy atom. The Bertz CT molecular complexity index is 1070. The summed E-state index contributed by atoms with van der Waals surface area (Å²) in [7, 11) is 1.55. The molecule has 1 aromatic heterocycles. The molecule has 0 aliphatic heterocycles. The summed E-state index contributed by atoms with van der Waals surface area (Å²) in [6, 6.07) is 12.6. The number of carbonyl (C=O) groups is 3. The first-order valence-electron chi connectivity index (χ1n) is 9.04. The molecule has 0 fully saturated rings. The fraction of sp³-hybridized carbons (Fsp3) is 0.150. The second-order valence-electron chi connectivity index (χ2n) is 6.20. The first kappa shape index (κ1) is 21.8. The van der Waals surface area contributed by atoms with Crippen molar-refractivity contribution in [1.29, 1.82) is 0 Å². The van der Waals surface area contributed by atoms with Crippen molar-refractivity contribution in [1.82, 2.24) is 20.5 Å². The average molecular weight is 441 g/mol. The van der Waals surface area contributed by atoms with Crippen LogP contribution in [0.2, 0.25) is 0 Å². The van der Waals surface area contributed by atoms with Crippen LogP contribution in [0.15, 0.2) is 53.7 Å². The molecule has 2 amide bonds. The number of anilines is 1. The van der Waals surface area contributed by atoms with E-state index < -0.39 is 5.97 Å². The molecule has 1 heterocycles. The number of methoxy groups -OCH3 is 1. The van der Waals surface area contributed by atoms with Gasteiger partial charge in [-0.1, -0.05) is 11.8 Å². The quantitative estimate of drug-likeness (QED) is 0.370. The first-order chi connectivity index (χ1) is 14.9. The van der Waals surface area contributed by atoms with Crippen LogP contribution in [0.4, 0.5) is 5.69 Å². The van der Waals surface area contributed by atoms with Crippen LogP contribution in [-0.4, -0.2) is 50.9 Å². The molecule has 3 rings (SSSR count). The van der Waals surface area contributed by atoms with Crippen LogP contribution in [0.25, 0.3) is 0 Å². The van der Waals surface area contributed by atoms with Gasteiger partial charge in [0.25, 0.3) is 5.91 Å². The number of nitrogens with one attached hydrogen (secondary N) is 3. The van der Waals surface area contributed by atoms with E-state index in [0.29, 0.717) is 28.0 Å². The molecule has 0 aliphatic carbocycles. The van der Waals surface area contributed by atoms with Gasteiger partial charge < -0.3 is 20.5 Å². The fourth-order valence-corrected chi connectivity index (χ4v) is 3.07. The van der Waals surface area contributed by atoms with E-state index in [-0.39, 0.29) is 29.7 Å². The van der Waals surface area contributed by atoms with E-state index in [4.69, 9.17) is 9.84 Å². The molecule has 0 bridgehead atoms. The fourth-order valence-electron chi connectivity index (χ4n) is 2.45. The normalized spacial score (nSPS) is 10.4. The molecule has 0 spiro atoms. The summed E-state index contributed by atoms with van der Waals surface area (Å²) >= 11 is 1.13. The number of aromatic carboxylic acids is 1. The molecule has 0 saturated heterocycles. The van der Waals surface area contributed by atoms with Crippen molar-refractivity contribution < 1.29 is 24.2 Å². The largest absolute Gasteiger partial charge is 0.497 e. The van der Waals surface area contributed by atoms with Crippen molar-refractivity contribution in [2.75, 3.05) is 18.2 Å². The van der Waals surface area contributed by atoms with Gasteiger partial charge in [-0.15, -0.1) is 5.10 Å². The maximum absolute atomic E-state index is 12.2. The number of H-pyrrole nitrogens is 1. The molecule has 0 saturated carbocycles. The van der Waals surface area contributed by atoms with Crippen LogP contribution >= 0.6 is 11.8 Å². The zero-order valence-electron chi connectivity index (χ0n) is 16.4. The van der Waals surface area contributed by atoms with E-state index in [1.807, 2.05) is 0 Å². The zero-order chi connectivity index (χ0) is 22.2. The molecule has 0 radical (unpaired) electrons. The lowest BCUT2D eigenvalue weighted by Crippen LogP contribution is -2.23. The minimum atomic E-state index is -1.03. The molecular formula is C20H19N5O5S. The number of carboxylic acid groups (broad SMARTS) is 1. The maximum atomic E-state index is 12.2. The number of amides is 2. The van der Waals surface area contributed by atoms with Crippen LogP contribution in [-0.2, 0) is 11.3 Å². The smallest absolute Gasteiger partial charge is 0.335 e. The summed E-state index contributed by atoms with van der Waals surface area (Å²) in [5, 5.41) is 21.4. The summed E-state index contributed by atoms with van der Waals surface area (Å²) in [6.45, 7) is 0.153. The second kappa shape index (κ2) is 10.3. The zero-order valence-corrected chi connectivity index (χ0v) is 17.2. The number of carboxylic acids is 1. The number of nitrogens with zero attached hydrogens (tertiary/aromatic N) is 2. The minimum absolute atomic E-state index is 0.0657. The topological polar surface area (TPSA) is 146 Å². The lowest BCUT2D eigenvalue weighted by molar-refractivity contribution is -0.113. The van der Waals surface area contributed by atoms with Crippen molar-refractivity contribution in [3.63, 3.8) is 0 Å². The summed E-state index contributed by atoms with van der Waals surface area (Å²) in [5.74, 6) is -0.400. The standard InChI is InChI=1S/C20H19N5O5S/c1-30-15-8-4-12(5-9-15)18(27)21-10-16-23-20(25-24-16)31-11-17(26)22-14-6-2-13(3-7-14)19(28)29/h2-9H,10-11H2,1H3,(H,21,27)(H,22,26)(H,28,29)(H,23,24,25). The molecule has 2 aromatic carbocycles. The lowest BCUT2D eigenvalue weighted by Gasteiger charge is -2.04. The molecule has 0 atom stereocenters. The number of hydrogen-bond donors (Lipinski definition) is 4. The SMILES string of the molecule is COc1ccc(C(=O)NCc2nc(SCC(=O)Nc3ccc(C(=O)O)cc3)n[nH]2)cc1. The van der Waals surface area contributed by atoms with Crippen LogP contribution in [0.3, 0.4) is 0 Å². The molecule has 0 aliphatic rings. The van der Waals surface area contributed by atoms with Gasteiger partial charge in [-0.05, 0) is 48.5 Å². The molecule has 11 heteroatoms. The Labute approximate surface area is 181 Å². The van der Waals surface area contributed by atoms with Crippen molar-refractivity contribution in [2.45, 2.75) is 11.7 Å². The van der Waals surface area contributed by atoms with E-state index >= 15 is 0 Å². The van der Waals surface area contributed by atoms with Gasteiger partial charge in [0.05, 0.1) is 25.0 Å². The van der Waals surface area contributed by atoms with Crippen molar-refractivity contribution in [3.05, 3.63) is 65.5 Å². The highest BCUT2D eigenvalue weighted by molar-refractivity contribution is 7.99. The number of aromatic nitrogens is 3. The molecule has 10 nitrogen and oxygen atoms in total. The molecule has 4 N–H and O–H groups in total. The third-order valence-electron chi connectivity index (χ3n) is 4.03. The third kappa shape index (κ3) is 6.31. The first-order valence-corrected chi connectivity index (χ1v) is 10.0. The maximum Gasteiger partial charge on any atom is 0.335 e. The second-order valence-corrected chi connectivity index (χ2v) is 7.14. The predicted octanol–water partition coefficient (Wildman–Crippen LogP) is 2.17. The van der Waals surface area contributed by atoms with Gasteiger partial charge in [-0.2, -0.15) is 0 Å². The summed E-state index contributed by atoms with van der Waals surface area (Å²) in [4.78, 5) is 39.3. The highest BCUT2D eigenvalue weighted by atomic mass is 32.2. The highest BCUT2D eigenvalue weighted by Crippen LogP contribution is 2.15. The Kier molecular flexibility index (Phi) is 7.22. The Hall–Kier alpha value is -3.86. The van der Waals surface area contributed by atoms with E-state index in [2.05, 4.69) is 25.8 Å². The van der Waals surface area contributed by atoms with Gasteiger partial charge in [-0.25, -0.2) is 9.78 Å². The third-order valence-corrected chi connectivity index (χ3v) is 4.88. The van der Waals surface area contributed by atoms with Crippen molar-refractivity contribution in [3.8, 4) is 5.75 Å². The van der Waals surface area contributed by atoms with Crippen molar-refractivity contribution >= 4 is 35.2 Å². The highest BCUT2D eigenvalue weighted by Gasteiger charge is 2.11. The van der Waals surface area contributed by atoms with Crippen molar-refractivity contribution in [2.24, 2.45) is 0 Å². The van der Waals surface area contributed by atoms with Gasteiger partial charge in [0.1, 0.15) is 11.6 Å². The monoisotopic (exact) mass is 441 g/mol. The van der Waals surface area contributed by atoms with Crippen LogP contribution in [0, 0.1) is 0 Å². The van der Waals surface area contributed by atoms with Gasteiger partial charge in [-0.3, -0.25) is 14.7 Å².